The van der Waals surface area contributed by atoms with Crippen molar-refractivity contribution in [1.29, 1.82) is 0 Å². The van der Waals surface area contributed by atoms with Gasteiger partial charge in [0.15, 0.2) is 0 Å². The fraction of sp³-hybridized carbons (Fsp3) is 0.400. The number of hydrogen-bond acceptors (Lipinski definition) is 2. The minimum atomic E-state index is -1.19. The highest BCUT2D eigenvalue weighted by atomic mass is 19.1. The average molecular weight is 183 g/mol. The van der Waals surface area contributed by atoms with Gasteiger partial charge in [-0.1, -0.05) is 25.1 Å². The number of aromatic hydroxyl groups is 1. The van der Waals surface area contributed by atoms with E-state index in [1.165, 1.54) is 6.07 Å². The van der Waals surface area contributed by atoms with E-state index < -0.39 is 6.17 Å². The van der Waals surface area contributed by atoms with Gasteiger partial charge in [-0.05, 0) is 12.6 Å². The molecule has 0 aliphatic rings. The summed E-state index contributed by atoms with van der Waals surface area (Å²) in [7, 11) is 0. The second-order valence-electron chi connectivity index (χ2n) is 3.17. The zero-order chi connectivity index (χ0) is 9.84. The van der Waals surface area contributed by atoms with Crippen LogP contribution in [-0.4, -0.2) is 11.7 Å². The zero-order valence-corrected chi connectivity index (χ0v) is 7.57. The van der Waals surface area contributed by atoms with Crippen LogP contribution in [0.25, 0.3) is 0 Å². The molecule has 1 aromatic rings. The maximum absolute atomic E-state index is 13.5. The fourth-order valence-electron chi connectivity index (χ4n) is 1.15. The third-order valence-electron chi connectivity index (χ3n) is 2.11. The predicted molar refractivity (Wildman–Crippen MR) is 50.2 cm³/mol. The predicted octanol–water partition coefficient (Wildman–Crippen LogP) is 2.00. The molecule has 72 valence electrons. The number of phenolic OH excluding ortho intramolecular Hbond substituents is 1. The smallest absolute Gasteiger partial charge is 0.132 e. The maximum Gasteiger partial charge on any atom is 0.132 e. The lowest BCUT2D eigenvalue weighted by molar-refractivity contribution is 0.245. The number of alkyl halides is 1. The van der Waals surface area contributed by atoms with Crippen molar-refractivity contribution < 1.29 is 9.50 Å². The molecule has 0 radical (unpaired) electrons. The number of phenols is 1. The molecule has 2 nitrogen and oxygen atoms in total. The lowest BCUT2D eigenvalue weighted by Gasteiger charge is -2.15. The first-order valence-electron chi connectivity index (χ1n) is 4.29. The monoisotopic (exact) mass is 183 g/mol. The summed E-state index contributed by atoms with van der Waals surface area (Å²) in [4.78, 5) is 0. The van der Waals surface area contributed by atoms with Crippen molar-refractivity contribution in [3.05, 3.63) is 29.8 Å². The molecule has 0 amide bonds. The summed E-state index contributed by atoms with van der Waals surface area (Å²) in [6.07, 6.45) is -1.19. The molecular formula is C10H14FNO. The van der Waals surface area contributed by atoms with Crippen molar-refractivity contribution in [3.63, 3.8) is 0 Å². The molecule has 0 saturated heterocycles. The van der Waals surface area contributed by atoms with E-state index in [1.54, 1.807) is 25.1 Å². The molecule has 0 heterocycles. The number of para-hydroxylation sites is 1. The first kappa shape index (κ1) is 9.99. The van der Waals surface area contributed by atoms with E-state index in [9.17, 15) is 9.50 Å². The van der Waals surface area contributed by atoms with Crippen LogP contribution in [0.4, 0.5) is 4.39 Å². The Morgan fingerprint density at radius 2 is 2.08 bits per heavy atom. The maximum atomic E-state index is 13.5. The topological polar surface area (TPSA) is 46.2 Å². The van der Waals surface area contributed by atoms with Gasteiger partial charge in [-0.3, -0.25) is 0 Å². The molecule has 1 rings (SSSR count). The first-order chi connectivity index (χ1) is 6.16. The van der Waals surface area contributed by atoms with Crippen LogP contribution in [0, 0.1) is 5.92 Å². The van der Waals surface area contributed by atoms with Gasteiger partial charge in [-0.2, -0.15) is 0 Å². The van der Waals surface area contributed by atoms with Gasteiger partial charge in [0.25, 0.3) is 0 Å². The normalized spacial score (nSPS) is 15.3. The summed E-state index contributed by atoms with van der Waals surface area (Å²) in [5, 5.41) is 9.34. The van der Waals surface area contributed by atoms with Crippen molar-refractivity contribution in [3.8, 4) is 5.75 Å². The molecule has 1 aromatic carbocycles. The van der Waals surface area contributed by atoms with Gasteiger partial charge >= 0.3 is 0 Å². The summed E-state index contributed by atoms with van der Waals surface area (Å²) in [6.45, 7) is 1.99. The van der Waals surface area contributed by atoms with Crippen LogP contribution in [0.1, 0.15) is 18.7 Å². The molecule has 0 spiro atoms. The fourth-order valence-corrected chi connectivity index (χ4v) is 1.15. The summed E-state index contributed by atoms with van der Waals surface area (Å²) in [5.41, 5.74) is 5.66. The highest BCUT2D eigenvalue weighted by Gasteiger charge is 2.19. The largest absolute Gasteiger partial charge is 0.508 e. The van der Waals surface area contributed by atoms with E-state index in [1.807, 2.05) is 0 Å². The van der Waals surface area contributed by atoms with Crippen LogP contribution < -0.4 is 5.73 Å². The lowest BCUT2D eigenvalue weighted by atomic mass is 9.98. The van der Waals surface area contributed by atoms with E-state index in [2.05, 4.69) is 0 Å². The highest BCUT2D eigenvalue weighted by Crippen LogP contribution is 2.31. The van der Waals surface area contributed by atoms with Crippen molar-refractivity contribution in [2.45, 2.75) is 13.1 Å². The molecule has 3 heteroatoms. The Morgan fingerprint density at radius 1 is 1.46 bits per heavy atom. The van der Waals surface area contributed by atoms with Crippen LogP contribution in [-0.2, 0) is 0 Å². The van der Waals surface area contributed by atoms with E-state index in [0.717, 1.165) is 0 Å². The Labute approximate surface area is 77.2 Å². The first-order valence-corrected chi connectivity index (χ1v) is 4.29. The van der Waals surface area contributed by atoms with Gasteiger partial charge in [0.05, 0.1) is 0 Å². The van der Waals surface area contributed by atoms with Crippen LogP contribution in [0.3, 0.4) is 0 Å². The summed E-state index contributed by atoms with van der Waals surface area (Å²) >= 11 is 0. The van der Waals surface area contributed by atoms with Crippen LogP contribution >= 0.6 is 0 Å². The highest BCUT2D eigenvalue weighted by molar-refractivity contribution is 5.33. The molecule has 0 bridgehead atoms. The van der Waals surface area contributed by atoms with Crippen LogP contribution in [0.2, 0.25) is 0 Å². The Balaban J connectivity index is 2.88. The number of hydrogen-bond donors (Lipinski definition) is 2. The van der Waals surface area contributed by atoms with Gasteiger partial charge in [0.1, 0.15) is 11.9 Å². The molecule has 0 fully saturated rings. The van der Waals surface area contributed by atoms with E-state index in [0.29, 0.717) is 5.56 Å². The van der Waals surface area contributed by atoms with Crippen LogP contribution in [0.5, 0.6) is 5.75 Å². The van der Waals surface area contributed by atoms with Gasteiger partial charge < -0.3 is 10.8 Å². The second kappa shape index (κ2) is 4.23. The van der Waals surface area contributed by atoms with Crippen molar-refractivity contribution in [2.24, 2.45) is 11.7 Å². The Morgan fingerprint density at radius 3 is 2.62 bits per heavy atom. The molecule has 0 aliphatic carbocycles. The molecule has 3 N–H and O–H groups in total. The number of benzene rings is 1. The van der Waals surface area contributed by atoms with Gasteiger partial charge in [0.2, 0.25) is 0 Å². The van der Waals surface area contributed by atoms with Crippen molar-refractivity contribution in [1.82, 2.24) is 0 Å². The zero-order valence-electron chi connectivity index (χ0n) is 7.57. The third-order valence-corrected chi connectivity index (χ3v) is 2.11. The van der Waals surface area contributed by atoms with Crippen LogP contribution in [0.15, 0.2) is 24.3 Å². The van der Waals surface area contributed by atoms with E-state index in [-0.39, 0.29) is 18.2 Å². The average Bonchev–Trinajstić information content (AvgIpc) is 2.16. The van der Waals surface area contributed by atoms with Gasteiger partial charge in [0, 0.05) is 11.5 Å². The van der Waals surface area contributed by atoms with E-state index >= 15 is 0 Å². The second-order valence-corrected chi connectivity index (χ2v) is 3.17. The molecule has 0 aliphatic heterocycles. The minimum Gasteiger partial charge on any atom is -0.508 e. The molecule has 2 atom stereocenters. The van der Waals surface area contributed by atoms with E-state index in [4.69, 9.17) is 5.73 Å². The summed E-state index contributed by atoms with van der Waals surface area (Å²) < 4.78 is 13.5. The van der Waals surface area contributed by atoms with Crippen molar-refractivity contribution >= 4 is 0 Å². The minimum absolute atomic E-state index is 0.00435. The Kier molecular flexibility index (Phi) is 3.25. The summed E-state index contributed by atoms with van der Waals surface area (Å²) in [6, 6.07) is 6.42. The molecule has 2 unspecified atom stereocenters. The quantitative estimate of drug-likeness (QED) is 0.752. The molecular weight excluding hydrogens is 169 g/mol. The molecule has 0 aromatic heterocycles. The number of nitrogens with two attached hydrogens (primary N) is 1. The third kappa shape index (κ3) is 2.18. The molecule has 0 saturated carbocycles. The molecule has 13 heavy (non-hydrogen) atoms. The Bertz CT molecular complexity index is 277. The summed E-state index contributed by atoms with van der Waals surface area (Å²) in [5.74, 6) is -0.274. The lowest BCUT2D eigenvalue weighted by Crippen LogP contribution is -2.16. The SMILES string of the molecule is CC(CN)C(F)c1ccccc1O. The van der Waals surface area contributed by atoms with Crippen molar-refractivity contribution in [2.75, 3.05) is 6.54 Å². The standard InChI is InChI=1S/C10H14FNO/c1-7(6-12)10(11)8-4-2-3-5-9(8)13/h2-5,7,10,13H,6,12H2,1H3. The number of rotatable bonds is 3. The van der Waals surface area contributed by atoms with Gasteiger partial charge in [-0.25, -0.2) is 4.39 Å². The van der Waals surface area contributed by atoms with Gasteiger partial charge in [-0.15, -0.1) is 0 Å². The number of halogens is 1. The Hall–Kier alpha value is -1.09.